The van der Waals surface area contributed by atoms with Crippen LogP contribution in [0.5, 0.6) is 0 Å². The molecule has 0 aromatic rings. The summed E-state index contributed by atoms with van der Waals surface area (Å²) in [6.07, 6.45) is 4.98. The Morgan fingerprint density at radius 1 is 0.365 bits per heavy atom. The van der Waals surface area contributed by atoms with Gasteiger partial charge in [-0.2, -0.15) is 0 Å². The SMILES string of the molecule is CC(C)OC(SSC(C)(C)C)C(C)C.CC(C)OC(SSC(C)C)C(C)C.CCCSSC(OC(C)C)C(C)C.CCSSC(OC(C)C)C(C)C.CSSC(OC(C)C)C(C)C. The Balaban J connectivity index is -0.000000223. The predicted molar refractivity (Wildman–Crippen MR) is 317 cm³/mol. The molecule has 15 heteroatoms. The Morgan fingerprint density at radius 2 is 0.651 bits per heavy atom. The molecule has 0 spiro atoms. The highest BCUT2D eigenvalue weighted by atomic mass is 33.1. The fraction of sp³-hybridized carbons (Fsp3) is 1.00. The molecule has 5 nitrogen and oxygen atoms in total. The third-order valence-electron chi connectivity index (χ3n) is 6.41. The van der Waals surface area contributed by atoms with Gasteiger partial charge < -0.3 is 23.7 Å². The molecular formula is C48H106O5S10. The maximum atomic E-state index is 5.85. The minimum absolute atomic E-state index is 0.304. The molecule has 0 fully saturated rings. The van der Waals surface area contributed by atoms with E-state index < -0.39 is 0 Å². The summed E-state index contributed by atoms with van der Waals surface area (Å²) in [5.74, 6) is 5.30. The van der Waals surface area contributed by atoms with Crippen molar-refractivity contribution in [1.29, 1.82) is 0 Å². The van der Waals surface area contributed by atoms with Crippen molar-refractivity contribution in [1.82, 2.24) is 0 Å². The summed E-state index contributed by atoms with van der Waals surface area (Å²) in [6, 6.07) is 0. The zero-order valence-corrected chi connectivity index (χ0v) is 54.1. The third kappa shape index (κ3) is 59.5. The smallest absolute Gasteiger partial charge is 0.115 e. The highest BCUT2D eigenvalue weighted by Gasteiger charge is 2.22. The minimum atomic E-state index is 0.304. The van der Waals surface area contributed by atoms with E-state index in [-0.39, 0.29) is 0 Å². The van der Waals surface area contributed by atoms with Gasteiger partial charge in [0.05, 0.1) is 30.5 Å². The van der Waals surface area contributed by atoms with Crippen LogP contribution >= 0.6 is 108 Å². The summed E-state index contributed by atoms with van der Waals surface area (Å²) >= 11 is 0. The Labute approximate surface area is 436 Å². The molecule has 63 heavy (non-hydrogen) atoms. The second-order valence-electron chi connectivity index (χ2n) is 19.2. The van der Waals surface area contributed by atoms with E-state index >= 15 is 0 Å². The first-order chi connectivity index (χ1) is 28.9. The quantitative estimate of drug-likeness (QED) is 0.0406. The lowest BCUT2D eigenvalue weighted by atomic mass is 10.2. The number of hydrogen-bond acceptors (Lipinski definition) is 15. The van der Waals surface area contributed by atoms with E-state index in [9.17, 15) is 0 Å². The van der Waals surface area contributed by atoms with Crippen LogP contribution in [0.4, 0.5) is 0 Å². The minimum Gasteiger partial charge on any atom is -0.364 e. The molecule has 5 unspecified atom stereocenters. The third-order valence-corrected chi connectivity index (χ3v) is 21.7. The van der Waals surface area contributed by atoms with Crippen molar-refractivity contribution in [2.24, 2.45) is 29.6 Å². The van der Waals surface area contributed by atoms with E-state index in [1.807, 2.05) is 97.1 Å². The van der Waals surface area contributed by atoms with Gasteiger partial charge >= 0.3 is 0 Å². The van der Waals surface area contributed by atoms with E-state index in [1.54, 1.807) is 10.8 Å². The van der Waals surface area contributed by atoms with Crippen LogP contribution in [-0.4, -0.2) is 85.5 Å². The van der Waals surface area contributed by atoms with Gasteiger partial charge in [-0.3, -0.25) is 0 Å². The molecule has 0 aliphatic carbocycles. The Bertz CT molecular complexity index is 921. The number of ether oxygens (including phenoxy) is 5. The lowest BCUT2D eigenvalue weighted by Gasteiger charge is -2.26. The molecule has 0 saturated carbocycles. The van der Waals surface area contributed by atoms with Crippen molar-refractivity contribution in [2.75, 3.05) is 17.8 Å². The number of rotatable bonds is 29. The summed E-state index contributed by atoms with van der Waals surface area (Å²) in [5, 5.41) is 0.669. The predicted octanol–water partition coefficient (Wildman–Crippen LogP) is 20.1. The van der Waals surface area contributed by atoms with Crippen molar-refractivity contribution in [2.45, 2.75) is 261 Å². The van der Waals surface area contributed by atoms with Gasteiger partial charge in [0.25, 0.3) is 0 Å². The van der Waals surface area contributed by atoms with Crippen molar-refractivity contribution >= 4 is 108 Å². The first-order valence-electron chi connectivity index (χ1n) is 23.6. The zero-order valence-electron chi connectivity index (χ0n) is 46.0. The van der Waals surface area contributed by atoms with Crippen molar-refractivity contribution in [3.63, 3.8) is 0 Å². The maximum Gasteiger partial charge on any atom is 0.115 e. The molecule has 388 valence electrons. The average molecular weight is 1080 g/mol. The molecule has 0 N–H and O–H groups in total. The second-order valence-corrected chi connectivity index (χ2v) is 33.2. The van der Waals surface area contributed by atoms with Gasteiger partial charge in [-0.25, -0.2) is 0 Å². The van der Waals surface area contributed by atoms with Crippen LogP contribution in [-0.2, 0) is 23.7 Å². The van der Waals surface area contributed by atoms with Gasteiger partial charge in [0.1, 0.15) is 27.2 Å². The van der Waals surface area contributed by atoms with Gasteiger partial charge in [-0.15, -0.1) is 0 Å². The zero-order chi connectivity index (χ0) is 50.5. The number of hydrogen-bond donors (Lipinski definition) is 0. The van der Waals surface area contributed by atoms with E-state index in [0.29, 0.717) is 97.3 Å². The highest BCUT2D eigenvalue weighted by molar-refractivity contribution is 8.78. The van der Waals surface area contributed by atoms with Gasteiger partial charge in [-0.1, -0.05) is 226 Å². The van der Waals surface area contributed by atoms with Crippen LogP contribution in [0.25, 0.3) is 0 Å². The second kappa shape index (κ2) is 47.6. The monoisotopic (exact) mass is 1080 g/mol. The normalized spacial score (nSPS) is 14.5. The van der Waals surface area contributed by atoms with Crippen LogP contribution in [0, 0.1) is 29.6 Å². The highest BCUT2D eigenvalue weighted by Crippen LogP contribution is 2.41. The van der Waals surface area contributed by atoms with Crippen molar-refractivity contribution < 1.29 is 23.7 Å². The van der Waals surface area contributed by atoms with Gasteiger partial charge in [0.15, 0.2) is 0 Å². The van der Waals surface area contributed by atoms with E-state index in [0.717, 1.165) is 5.75 Å². The van der Waals surface area contributed by atoms with Crippen LogP contribution in [0.1, 0.15) is 193 Å². The summed E-state index contributed by atoms with van der Waals surface area (Å²) in [5.41, 5.74) is 1.66. The molecule has 0 heterocycles. The maximum absolute atomic E-state index is 5.85. The van der Waals surface area contributed by atoms with Crippen LogP contribution in [0.2, 0.25) is 0 Å². The van der Waals surface area contributed by atoms with Gasteiger partial charge in [-0.05, 0) is 112 Å². The molecule has 0 bridgehead atoms. The molecular weight excluding hydrogens is 977 g/mol. The molecule has 0 aliphatic heterocycles. The van der Waals surface area contributed by atoms with Crippen LogP contribution in [0.15, 0.2) is 0 Å². The summed E-state index contributed by atoms with van der Waals surface area (Å²) < 4.78 is 29.2. The molecule has 0 aromatic carbocycles. The Kier molecular flexibility index (Phi) is 56.9. The van der Waals surface area contributed by atoms with Crippen LogP contribution < -0.4 is 0 Å². The first kappa shape index (κ1) is 75.2. The fourth-order valence-corrected chi connectivity index (χ4v) is 16.3. The summed E-state index contributed by atoms with van der Waals surface area (Å²) in [7, 11) is 18.6. The molecule has 0 amide bonds. The molecule has 0 rings (SSSR count). The lowest BCUT2D eigenvalue weighted by Crippen LogP contribution is -2.20. The first-order valence-corrected chi connectivity index (χ1v) is 35.5. The van der Waals surface area contributed by atoms with E-state index in [4.69, 9.17) is 23.7 Å². The van der Waals surface area contributed by atoms with Gasteiger partial charge in [0.2, 0.25) is 0 Å². The van der Waals surface area contributed by atoms with E-state index in [1.165, 1.54) is 12.2 Å². The molecule has 0 saturated heterocycles. The molecule has 0 radical (unpaired) electrons. The van der Waals surface area contributed by atoms with E-state index in [2.05, 4.69) is 193 Å². The fourth-order valence-electron chi connectivity index (χ4n) is 3.58. The standard InChI is InChI=1S/C11H24OS2.2C10H22OS2.C9H20OS2.C8H18OS2/c1-8(2)10(12-9(3)4)13-14-11(5,6)7;1-7(2)10(11-8(3)4)13-12-9(5)6;1-6-7-12-13-10(8(2)3)11-9(4)5;1-6-11-12-9(7(2)3)10-8(4)5;1-6(2)8(11-10-5)9-7(3)4/h8-10H,1-7H3;7-10H,1-6H3;8-10H,6-7H2,1-5H3;7-9H,6H2,1-5H3;6-8H,1-5H3. The van der Waals surface area contributed by atoms with Crippen molar-refractivity contribution in [3.8, 4) is 0 Å². The lowest BCUT2D eigenvalue weighted by molar-refractivity contribution is 0.0368. The Morgan fingerprint density at radius 3 is 0.889 bits per heavy atom. The topological polar surface area (TPSA) is 46.2 Å². The average Bonchev–Trinajstić information content (AvgIpc) is 3.12. The molecule has 0 aliphatic rings. The summed E-state index contributed by atoms with van der Waals surface area (Å²) in [6.45, 7) is 58.5. The molecule has 5 atom stereocenters. The molecule has 0 aromatic heterocycles. The van der Waals surface area contributed by atoms with Crippen molar-refractivity contribution in [3.05, 3.63) is 0 Å². The Hall–Kier alpha value is 3.30. The largest absolute Gasteiger partial charge is 0.364 e. The summed E-state index contributed by atoms with van der Waals surface area (Å²) in [4.78, 5) is 0. The van der Waals surface area contributed by atoms with Gasteiger partial charge in [0, 0.05) is 21.5 Å². The van der Waals surface area contributed by atoms with Crippen LogP contribution in [0.3, 0.4) is 0 Å².